The summed E-state index contributed by atoms with van der Waals surface area (Å²) in [5.41, 5.74) is 8.80. The van der Waals surface area contributed by atoms with E-state index in [2.05, 4.69) is 0 Å². The van der Waals surface area contributed by atoms with E-state index in [-0.39, 0.29) is 5.82 Å². The van der Waals surface area contributed by atoms with Crippen molar-refractivity contribution in [3.63, 3.8) is 0 Å². The molecule has 4 heteroatoms. The molecule has 0 aliphatic heterocycles. The number of furan rings is 1. The molecule has 108 valence electrons. The Balaban J connectivity index is 2.07. The molecular formula is C17H16FNO2. The van der Waals surface area contributed by atoms with E-state index < -0.39 is 6.04 Å². The lowest BCUT2D eigenvalue weighted by atomic mass is 10.0. The summed E-state index contributed by atoms with van der Waals surface area (Å²) in [5.74, 6) is 1.18. The molecule has 2 aromatic carbocycles. The van der Waals surface area contributed by atoms with E-state index in [0.29, 0.717) is 5.76 Å². The van der Waals surface area contributed by atoms with Gasteiger partial charge in [-0.3, -0.25) is 0 Å². The molecule has 2 N–H and O–H groups in total. The fourth-order valence-electron chi connectivity index (χ4n) is 2.46. The van der Waals surface area contributed by atoms with Crippen LogP contribution in [0.5, 0.6) is 5.75 Å². The number of aryl methyl sites for hydroxylation is 1. The molecule has 21 heavy (non-hydrogen) atoms. The standard InChI is InChI=1S/C17H16FNO2/c1-10-14-9-13(20-2)7-8-15(14)21-17(10)16(19)11-3-5-12(18)6-4-11/h3-9,16H,19H2,1-2H3. The zero-order valence-corrected chi connectivity index (χ0v) is 11.9. The van der Waals surface area contributed by atoms with Crippen LogP contribution in [0.25, 0.3) is 11.0 Å². The van der Waals surface area contributed by atoms with E-state index in [1.165, 1.54) is 12.1 Å². The minimum absolute atomic E-state index is 0.281. The second-order valence-electron chi connectivity index (χ2n) is 4.98. The summed E-state index contributed by atoms with van der Waals surface area (Å²) in [7, 11) is 1.63. The molecule has 0 fully saturated rings. The smallest absolute Gasteiger partial charge is 0.134 e. The number of fused-ring (bicyclic) bond motifs is 1. The van der Waals surface area contributed by atoms with E-state index in [4.69, 9.17) is 14.9 Å². The molecule has 0 spiro atoms. The van der Waals surface area contributed by atoms with Gasteiger partial charge in [0.25, 0.3) is 0 Å². The fourth-order valence-corrected chi connectivity index (χ4v) is 2.46. The van der Waals surface area contributed by atoms with Crippen LogP contribution in [0.2, 0.25) is 0 Å². The normalized spacial score (nSPS) is 12.6. The number of methoxy groups -OCH3 is 1. The number of hydrogen-bond acceptors (Lipinski definition) is 3. The maximum Gasteiger partial charge on any atom is 0.134 e. The molecule has 0 aliphatic carbocycles. The third-order valence-electron chi connectivity index (χ3n) is 3.69. The molecule has 1 atom stereocenters. The highest BCUT2D eigenvalue weighted by Gasteiger charge is 2.19. The van der Waals surface area contributed by atoms with E-state index in [1.807, 2.05) is 25.1 Å². The first kappa shape index (κ1) is 13.6. The van der Waals surface area contributed by atoms with Gasteiger partial charge in [-0.1, -0.05) is 12.1 Å². The third-order valence-corrected chi connectivity index (χ3v) is 3.69. The van der Waals surface area contributed by atoms with Crippen LogP contribution in [0.3, 0.4) is 0 Å². The van der Waals surface area contributed by atoms with Crippen molar-refractivity contribution in [1.29, 1.82) is 0 Å². The topological polar surface area (TPSA) is 48.4 Å². The van der Waals surface area contributed by atoms with Crippen molar-refractivity contribution in [3.8, 4) is 5.75 Å². The Morgan fingerprint density at radius 2 is 1.86 bits per heavy atom. The molecule has 0 radical (unpaired) electrons. The Hall–Kier alpha value is -2.33. The summed E-state index contributed by atoms with van der Waals surface area (Å²) >= 11 is 0. The number of nitrogens with two attached hydrogens (primary N) is 1. The average Bonchev–Trinajstić information content (AvgIpc) is 2.84. The Morgan fingerprint density at radius 1 is 1.14 bits per heavy atom. The number of hydrogen-bond donors (Lipinski definition) is 1. The molecular weight excluding hydrogens is 269 g/mol. The first-order valence-corrected chi connectivity index (χ1v) is 6.68. The van der Waals surface area contributed by atoms with Gasteiger partial charge in [-0.2, -0.15) is 0 Å². The maximum atomic E-state index is 13.0. The van der Waals surface area contributed by atoms with Gasteiger partial charge >= 0.3 is 0 Å². The summed E-state index contributed by atoms with van der Waals surface area (Å²) in [6, 6.07) is 11.4. The quantitative estimate of drug-likeness (QED) is 0.793. The van der Waals surface area contributed by atoms with Crippen LogP contribution in [0.1, 0.15) is 22.9 Å². The predicted molar refractivity (Wildman–Crippen MR) is 79.9 cm³/mol. The summed E-state index contributed by atoms with van der Waals surface area (Å²) in [6.45, 7) is 1.96. The van der Waals surface area contributed by atoms with Gasteiger partial charge in [0.1, 0.15) is 22.9 Å². The zero-order valence-electron chi connectivity index (χ0n) is 11.9. The summed E-state index contributed by atoms with van der Waals surface area (Å²) in [5, 5.41) is 0.974. The Labute approximate surface area is 122 Å². The molecule has 3 rings (SSSR count). The van der Waals surface area contributed by atoms with E-state index in [9.17, 15) is 4.39 Å². The molecule has 1 heterocycles. The molecule has 3 aromatic rings. The van der Waals surface area contributed by atoms with Crippen LogP contribution in [0.15, 0.2) is 46.9 Å². The van der Waals surface area contributed by atoms with E-state index in [0.717, 1.165) is 27.8 Å². The van der Waals surface area contributed by atoms with Crippen LogP contribution in [-0.4, -0.2) is 7.11 Å². The first-order chi connectivity index (χ1) is 10.1. The number of rotatable bonds is 3. The largest absolute Gasteiger partial charge is 0.497 e. The van der Waals surface area contributed by atoms with Crippen molar-refractivity contribution in [2.45, 2.75) is 13.0 Å². The molecule has 1 aromatic heterocycles. The zero-order chi connectivity index (χ0) is 15.0. The minimum Gasteiger partial charge on any atom is -0.497 e. The van der Waals surface area contributed by atoms with Gasteiger partial charge in [-0.05, 0) is 42.8 Å². The van der Waals surface area contributed by atoms with Crippen molar-refractivity contribution in [2.24, 2.45) is 5.73 Å². The molecule has 3 nitrogen and oxygen atoms in total. The number of benzene rings is 2. The lowest BCUT2D eigenvalue weighted by molar-refractivity contribution is 0.415. The lowest BCUT2D eigenvalue weighted by Crippen LogP contribution is -2.12. The van der Waals surface area contributed by atoms with Crippen LogP contribution in [0, 0.1) is 12.7 Å². The van der Waals surface area contributed by atoms with E-state index >= 15 is 0 Å². The first-order valence-electron chi connectivity index (χ1n) is 6.68. The van der Waals surface area contributed by atoms with Crippen LogP contribution in [0.4, 0.5) is 4.39 Å². The second kappa shape index (κ2) is 5.22. The van der Waals surface area contributed by atoms with Crippen LogP contribution >= 0.6 is 0 Å². The van der Waals surface area contributed by atoms with E-state index in [1.54, 1.807) is 19.2 Å². The average molecular weight is 285 g/mol. The SMILES string of the molecule is COc1ccc2oc(C(N)c3ccc(F)cc3)c(C)c2c1. The molecule has 1 unspecified atom stereocenters. The van der Waals surface area contributed by atoms with Crippen LogP contribution < -0.4 is 10.5 Å². The Kier molecular flexibility index (Phi) is 3.39. The highest BCUT2D eigenvalue weighted by molar-refractivity contribution is 5.83. The second-order valence-corrected chi connectivity index (χ2v) is 4.98. The van der Waals surface area contributed by atoms with Gasteiger partial charge in [0.05, 0.1) is 13.2 Å². The Bertz CT molecular complexity index is 777. The molecule has 0 saturated carbocycles. The molecule has 0 saturated heterocycles. The molecule has 0 bridgehead atoms. The predicted octanol–water partition coefficient (Wildman–Crippen LogP) is 3.94. The van der Waals surface area contributed by atoms with Crippen molar-refractivity contribution in [3.05, 3.63) is 65.2 Å². The van der Waals surface area contributed by atoms with Crippen molar-refractivity contribution in [1.82, 2.24) is 0 Å². The highest BCUT2D eigenvalue weighted by Crippen LogP contribution is 2.33. The fraction of sp³-hybridized carbons (Fsp3) is 0.176. The third kappa shape index (κ3) is 2.38. The van der Waals surface area contributed by atoms with Crippen molar-refractivity contribution < 1.29 is 13.5 Å². The van der Waals surface area contributed by atoms with Crippen molar-refractivity contribution in [2.75, 3.05) is 7.11 Å². The monoisotopic (exact) mass is 285 g/mol. The van der Waals surface area contributed by atoms with Gasteiger partial charge in [0, 0.05) is 10.9 Å². The van der Waals surface area contributed by atoms with Gasteiger partial charge < -0.3 is 14.9 Å². The number of ether oxygens (including phenoxy) is 1. The molecule has 0 aliphatic rings. The lowest BCUT2D eigenvalue weighted by Gasteiger charge is -2.10. The van der Waals surface area contributed by atoms with Gasteiger partial charge in [-0.15, -0.1) is 0 Å². The molecule has 0 amide bonds. The minimum atomic E-state index is -0.427. The summed E-state index contributed by atoms with van der Waals surface area (Å²) in [6.07, 6.45) is 0. The maximum absolute atomic E-state index is 13.0. The highest BCUT2D eigenvalue weighted by atomic mass is 19.1. The van der Waals surface area contributed by atoms with Crippen LogP contribution in [-0.2, 0) is 0 Å². The van der Waals surface area contributed by atoms with Crippen molar-refractivity contribution >= 4 is 11.0 Å². The van der Waals surface area contributed by atoms with Gasteiger partial charge in [0.2, 0.25) is 0 Å². The van der Waals surface area contributed by atoms with Gasteiger partial charge in [0.15, 0.2) is 0 Å². The summed E-state index contributed by atoms with van der Waals surface area (Å²) in [4.78, 5) is 0. The van der Waals surface area contributed by atoms with Gasteiger partial charge in [-0.25, -0.2) is 4.39 Å². The summed E-state index contributed by atoms with van der Waals surface area (Å²) < 4.78 is 24.1. The number of halogens is 1. The Morgan fingerprint density at radius 3 is 2.52 bits per heavy atom.